The fraction of sp³-hybridized carbons (Fsp3) is 0.364. The van der Waals surface area contributed by atoms with Crippen LogP contribution in [0.3, 0.4) is 0 Å². The topological polar surface area (TPSA) is 113 Å². The Bertz CT molecular complexity index is 1140. The molecule has 31 heavy (non-hydrogen) atoms. The van der Waals surface area contributed by atoms with Gasteiger partial charge in [-0.15, -0.1) is 0 Å². The van der Waals surface area contributed by atoms with E-state index in [9.17, 15) is 9.59 Å². The van der Waals surface area contributed by atoms with Crippen LogP contribution in [-0.4, -0.2) is 40.3 Å². The van der Waals surface area contributed by atoms with E-state index in [2.05, 4.69) is 27.5 Å². The highest BCUT2D eigenvalue weighted by Gasteiger charge is 2.34. The predicted molar refractivity (Wildman–Crippen MR) is 124 cm³/mol. The number of carbonyl (C=O) groups excluding carboxylic acids is 2. The van der Waals surface area contributed by atoms with Crippen molar-refractivity contribution in [3.05, 3.63) is 41.6 Å². The Morgan fingerprint density at radius 2 is 2.06 bits per heavy atom. The smallest absolute Gasteiger partial charge is 0.313 e. The Morgan fingerprint density at radius 3 is 2.81 bits per heavy atom. The second-order valence-corrected chi connectivity index (χ2v) is 9.06. The standard InChI is InChI=1S/C22H26N6O2S/c1-12-4-6-17(14-5-7-18-16(9-14)27-22(24-3)31-18)28(11-12)21(30)20(29)26-15-8-13(2)19(23)25-10-15/h5,7-10,12,17H,4,6,11H2,1-3H3,(H2,23,25)(H,24,27)(H,26,29)/t12-,17?/m0/s1. The molecule has 2 aromatic heterocycles. The van der Waals surface area contributed by atoms with Crippen LogP contribution in [-0.2, 0) is 9.59 Å². The van der Waals surface area contributed by atoms with E-state index in [1.807, 2.05) is 25.2 Å². The predicted octanol–water partition coefficient (Wildman–Crippen LogP) is 3.56. The van der Waals surface area contributed by atoms with Gasteiger partial charge in [-0.3, -0.25) is 9.59 Å². The summed E-state index contributed by atoms with van der Waals surface area (Å²) >= 11 is 1.59. The molecular weight excluding hydrogens is 412 g/mol. The van der Waals surface area contributed by atoms with Crippen molar-refractivity contribution in [2.75, 3.05) is 30.0 Å². The number of nitrogens with zero attached hydrogens (tertiary/aromatic N) is 3. The minimum Gasteiger partial charge on any atom is -0.383 e. The first-order valence-electron chi connectivity index (χ1n) is 10.3. The molecule has 1 aliphatic rings. The van der Waals surface area contributed by atoms with E-state index in [0.29, 0.717) is 24.0 Å². The molecule has 162 valence electrons. The monoisotopic (exact) mass is 438 g/mol. The van der Waals surface area contributed by atoms with Gasteiger partial charge in [-0.2, -0.15) is 0 Å². The van der Waals surface area contributed by atoms with Crippen molar-refractivity contribution in [1.29, 1.82) is 0 Å². The molecular formula is C22H26N6O2S. The number of likely N-dealkylation sites (tertiary alicyclic amines) is 1. The van der Waals surface area contributed by atoms with Gasteiger partial charge in [0.25, 0.3) is 0 Å². The number of aryl methyl sites for hydroxylation is 1. The van der Waals surface area contributed by atoms with Gasteiger partial charge in [0.2, 0.25) is 0 Å². The van der Waals surface area contributed by atoms with E-state index in [-0.39, 0.29) is 6.04 Å². The lowest BCUT2D eigenvalue weighted by molar-refractivity contribution is -0.146. The van der Waals surface area contributed by atoms with Gasteiger partial charge in [0.15, 0.2) is 5.13 Å². The van der Waals surface area contributed by atoms with Gasteiger partial charge in [0, 0.05) is 13.6 Å². The molecule has 1 unspecified atom stereocenters. The van der Waals surface area contributed by atoms with Crippen molar-refractivity contribution in [3.8, 4) is 0 Å². The number of carbonyl (C=O) groups is 2. The Morgan fingerprint density at radius 1 is 1.26 bits per heavy atom. The number of fused-ring (bicyclic) bond motifs is 1. The molecule has 0 spiro atoms. The number of nitrogens with one attached hydrogen (secondary N) is 2. The van der Waals surface area contributed by atoms with E-state index >= 15 is 0 Å². The van der Waals surface area contributed by atoms with Crippen molar-refractivity contribution in [2.45, 2.75) is 32.7 Å². The molecule has 3 heterocycles. The summed E-state index contributed by atoms with van der Waals surface area (Å²) in [5.74, 6) is -0.488. The van der Waals surface area contributed by atoms with E-state index in [1.165, 1.54) is 6.20 Å². The third-order valence-corrected chi connectivity index (χ3v) is 6.71. The molecule has 0 bridgehead atoms. The molecule has 0 radical (unpaired) electrons. The molecule has 1 fully saturated rings. The molecule has 1 aromatic carbocycles. The molecule has 9 heteroatoms. The highest BCUT2D eigenvalue weighted by molar-refractivity contribution is 7.22. The van der Waals surface area contributed by atoms with E-state index in [0.717, 1.165) is 39.3 Å². The molecule has 2 amide bonds. The Labute approximate surface area is 184 Å². The lowest BCUT2D eigenvalue weighted by atomic mass is 9.89. The van der Waals surface area contributed by atoms with Crippen molar-refractivity contribution in [1.82, 2.24) is 14.9 Å². The maximum atomic E-state index is 13.1. The largest absolute Gasteiger partial charge is 0.383 e. The minimum atomic E-state index is -0.669. The van der Waals surface area contributed by atoms with Crippen molar-refractivity contribution in [2.24, 2.45) is 5.92 Å². The van der Waals surface area contributed by atoms with E-state index in [4.69, 9.17) is 5.73 Å². The van der Waals surface area contributed by atoms with Crippen LogP contribution in [0.4, 0.5) is 16.6 Å². The van der Waals surface area contributed by atoms with Gasteiger partial charge < -0.3 is 21.3 Å². The number of aromatic nitrogens is 2. The fourth-order valence-corrected chi connectivity index (χ4v) is 4.75. The molecule has 3 aromatic rings. The number of benzene rings is 1. The maximum absolute atomic E-state index is 13.1. The molecule has 4 N–H and O–H groups in total. The summed E-state index contributed by atoms with van der Waals surface area (Å²) in [6.45, 7) is 4.44. The number of piperidine rings is 1. The third-order valence-electron chi connectivity index (χ3n) is 5.66. The SMILES string of the molecule is CNc1nc2cc(C3CC[C@H](C)CN3C(=O)C(=O)Nc3cnc(N)c(C)c3)ccc2s1. The van der Waals surface area contributed by atoms with Crippen molar-refractivity contribution in [3.63, 3.8) is 0 Å². The number of thiazole rings is 1. The van der Waals surface area contributed by atoms with Gasteiger partial charge in [0.05, 0.1) is 28.1 Å². The van der Waals surface area contributed by atoms with Crippen LogP contribution < -0.4 is 16.4 Å². The number of pyridine rings is 1. The van der Waals surface area contributed by atoms with Gasteiger partial charge in [-0.05, 0) is 55.0 Å². The molecule has 1 saturated heterocycles. The lowest BCUT2D eigenvalue weighted by Gasteiger charge is -2.38. The van der Waals surface area contributed by atoms with Crippen molar-refractivity contribution < 1.29 is 9.59 Å². The van der Waals surface area contributed by atoms with E-state index in [1.54, 1.807) is 29.2 Å². The zero-order chi connectivity index (χ0) is 22.1. The summed E-state index contributed by atoms with van der Waals surface area (Å²) < 4.78 is 1.08. The van der Waals surface area contributed by atoms with Crippen LogP contribution in [0.2, 0.25) is 0 Å². The van der Waals surface area contributed by atoms with Crippen molar-refractivity contribution >= 4 is 50.0 Å². The zero-order valence-electron chi connectivity index (χ0n) is 17.8. The van der Waals surface area contributed by atoms with Gasteiger partial charge in [0.1, 0.15) is 5.82 Å². The lowest BCUT2D eigenvalue weighted by Crippen LogP contribution is -2.46. The molecule has 2 atom stereocenters. The summed E-state index contributed by atoms with van der Waals surface area (Å²) in [4.78, 5) is 36.2. The first kappa shape index (κ1) is 21.0. The molecule has 0 saturated carbocycles. The minimum absolute atomic E-state index is 0.162. The second kappa shape index (κ2) is 8.50. The molecule has 4 rings (SSSR count). The molecule has 0 aliphatic carbocycles. The normalized spacial score (nSPS) is 18.7. The first-order chi connectivity index (χ1) is 14.9. The fourth-order valence-electron chi connectivity index (χ4n) is 3.95. The summed E-state index contributed by atoms with van der Waals surface area (Å²) in [6.07, 6.45) is 3.25. The third kappa shape index (κ3) is 4.32. The average molecular weight is 439 g/mol. The highest BCUT2D eigenvalue weighted by atomic mass is 32.1. The average Bonchev–Trinajstić information content (AvgIpc) is 3.18. The Hall–Kier alpha value is -3.20. The summed E-state index contributed by atoms with van der Waals surface area (Å²) in [5, 5.41) is 6.59. The summed E-state index contributed by atoms with van der Waals surface area (Å²) in [6, 6.07) is 7.64. The zero-order valence-corrected chi connectivity index (χ0v) is 18.6. The summed E-state index contributed by atoms with van der Waals surface area (Å²) in [7, 11) is 1.85. The Balaban J connectivity index is 1.58. The highest BCUT2D eigenvalue weighted by Crippen LogP contribution is 2.36. The van der Waals surface area contributed by atoms with Crippen LogP contribution in [0, 0.1) is 12.8 Å². The number of hydrogen-bond donors (Lipinski definition) is 3. The van der Waals surface area contributed by atoms with E-state index < -0.39 is 11.8 Å². The van der Waals surface area contributed by atoms with Gasteiger partial charge >= 0.3 is 11.8 Å². The number of anilines is 3. The molecule has 8 nitrogen and oxygen atoms in total. The Kier molecular flexibility index (Phi) is 5.77. The van der Waals surface area contributed by atoms with Crippen LogP contribution in [0.1, 0.15) is 36.9 Å². The summed E-state index contributed by atoms with van der Waals surface area (Å²) in [5.41, 5.74) is 8.83. The number of nitrogen functional groups attached to an aromatic ring is 1. The first-order valence-corrected chi connectivity index (χ1v) is 11.1. The van der Waals surface area contributed by atoms with Gasteiger partial charge in [-0.1, -0.05) is 24.3 Å². The quantitative estimate of drug-likeness (QED) is 0.539. The number of rotatable bonds is 3. The number of nitrogens with two attached hydrogens (primary N) is 1. The van der Waals surface area contributed by atoms with Crippen LogP contribution in [0.5, 0.6) is 0 Å². The van der Waals surface area contributed by atoms with Crippen LogP contribution >= 0.6 is 11.3 Å². The number of amides is 2. The van der Waals surface area contributed by atoms with Crippen LogP contribution in [0.15, 0.2) is 30.5 Å². The molecule has 1 aliphatic heterocycles. The maximum Gasteiger partial charge on any atom is 0.313 e. The van der Waals surface area contributed by atoms with Gasteiger partial charge in [-0.25, -0.2) is 9.97 Å². The second-order valence-electron chi connectivity index (χ2n) is 8.03. The van der Waals surface area contributed by atoms with Crippen LogP contribution in [0.25, 0.3) is 10.2 Å². The number of hydrogen-bond acceptors (Lipinski definition) is 7.